The summed E-state index contributed by atoms with van der Waals surface area (Å²) in [6.45, 7) is 2.40. The average molecular weight is 808 g/mol. The Kier molecular flexibility index (Phi) is 8.62. The number of hydrogen-bond acceptors (Lipinski definition) is 2. The van der Waals surface area contributed by atoms with Gasteiger partial charge in [-0.25, -0.2) is 0 Å². The topological polar surface area (TPSA) is 3.24 Å². The van der Waals surface area contributed by atoms with Crippen molar-refractivity contribution in [3.8, 4) is 55.6 Å². The molecule has 0 amide bonds. The van der Waals surface area contributed by atoms with E-state index in [1.807, 2.05) is 11.8 Å². The fourth-order valence-corrected chi connectivity index (χ4v) is 11.1. The van der Waals surface area contributed by atoms with E-state index in [2.05, 4.69) is 242 Å². The highest BCUT2D eigenvalue weighted by molar-refractivity contribution is 7.99. The molecule has 0 N–H and O–H groups in total. The van der Waals surface area contributed by atoms with Gasteiger partial charge in [-0.15, -0.1) is 0 Å². The lowest BCUT2D eigenvalue weighted by atomic mass is 9.74. The molecule has 292 valence electrons. The molecule has 1 aliphatic carbocycles. The normalized spacial score (nSPS) is 14.5. The summed E-state index contributed by atoms with van der Waals surface area (Å²) in [5.74, 6) is 0. The zero-order valence-electron chi connectivity index (χ0n) is 34.3. The molecule has 1 heterocycles. The largest absolute Gasteiger partial charge is 0.310 e. The van der Waals surface area contributed by atoms with Gasteiger partial charge in [0.15, 0.2) is 0 Å². The van der Waals surface area contributed by atoms with Crippen LogP contribution >= 0.6 is 11.8 Å². The minimum atomic E-state index is -0.310. The van der Waals surface area contributed by atoms with E-state index >= 15 is 0 Å². The number of benzene rings is 10. The van der Waals surface area contributed by atoms with Crippen LogP contribution < -0.4 is 4.90 Å². The van der Waals surface area contributed by atoms with Crippen molar-refractivity contribution in [2.24, 2.45) is 0 Å². The van der Waals surface area contributed by atoms with Crippen LogP contribution in [0.25, 0.3) is 66.4 Å². The zero-order valence-corrected chi connectivity index (χ0v) is 35.1. The lowest BCUT2D eigenvalue weighted by Gasteiger charge is -2.31. The second kappa shape index (κ2) is 14.7. The number of nitrogens with zero attached hydrogens (tertiary/aromatic N) is 1. The third-order valence-corrected chi connectivity index (χ3v) is 14.3. The number of anilines is 3. The molecule has 1 aliphatic heterocycles. The second-order valence-electron chi connectivity index (χ2n) is 16.6. The molecule has 0 saturated carbocycles. The van der Waals surface area contributed by atoms with Gasteiger partial charge in [-0.1, -0.05) is 188 Å². The molecule has 0 spiro atoms. The molecule has 10 aromatic carbocycles. The Balaban J connectivity index is 0.982. The first-order valence-corrected chi connectivity index (χ1v) is 22.2. The molecule has 1 unspecified atom stereocenters. The molecule has 10 aromatic rings. The molecule has 12 rings (SSSR count). The van der Waals surface area contributed by atoms with Crippen LogP contribution in [0.15, 0.2) is 240 Å². The fourth-order valence-electron chi connectivity index (χ4n) is 10.0. The van der Waals surface area contributed by atoms with Crippen molar-refractivity contribution in [3.63, 3.8) is 0 Å². The van der Waals surface area contributed by atoms with Gasteiger partial charge in [-0.3, -0.25) is 0 Å². The van der Waals surface area contributed by atoms with E-state index in [0.29, 0.717) is 0 Å². The SMILES string of the molecule is CC1(c2ccccc2)c2ccccc2-c2ccc(N(c3ccc(-c4ccc(-c5ccccc5)cc4)cc3)c3cccc(-c4ccc5c(c4)-c4cccc6cccc(c46)S5)c3)cc21. The summed E-state index contributed by atoms with van der Waals surface area (Å²) in [7, 11) is 0. The number of fused-ring (bicyclic) bond motifs is 5. The van der Waals surface area contributed by atoms with Gasteiger partial charge in [0, 0.05) is 37.7 Å². The Morgan fingerprint density at radius 3 is 1.66 bits per heavy atom. The molecule has 1 atom stereocenters. The molecular weight excluding hydrogens is 767 g/mol. The quantitative estimate of drug-likeness (QED) is 0.158. The Morgan fingerprint density at radius 2 is 0.887 bits per heavy atom. The van der Waals surface area contributed by atoms with Crippen LogP contribution in [-0.4, -0.2) is 0 Å². The van der Waals surface area contributed by atoms with Crippen LogP contribution in [0.4, 0.5) is 17.1 Å². The smallest absolute Gasteiger partial charge is 0.0467 e. The third-order valence-electron chi connectivity index (χ3n) is 13.2. The molecule has 0 saturated heterocycles. The highest BCUT2D eigenvalue weighted by Gasteiger charge is 2.41. The molecule has 0 aromatic heterocycles. The predicted octanol–water partition coefficient (Wildman–Crippen LogP) is 16.8. The van der Waals surface area contributed by atoms with E-state index in [1.165, 1.54) is 92.9 Å². The van der Waals surface area contributed by atoms with Crippen molar-refractivity contribution < 1.29 is 0 Å². The van der Waals surface area contributed by atoms with Gasteiger partial charge >= 0.3 is 0 Å². The van der Waals surface area contributed by atoms with Gasteiger partial charge in [-0.2, -0.15) is 0 Å². The molecule has 0 bridgehead atoms. The van der Waals surface area contributed by atoms with Crippen LogP contribution in [0.1, 0.15) is 23.6 Å². The van der Waals surface area contributed by atoms with Crippen LogP contribution in [-0.2, 0) is 5.41 Å². The highest BCUT2D eigenvalue weighted by atomic mass is 32.2. The second-order valence-corrected chi connectivity index (χ2v) is 17.7. The first-order chi connectivity index (χ1) is 30.6. The van der Waals surface area contributed by atoms with E-state index in [9.17, 15) is 0 Å². The summed E-state index contributed by atoms with van der Waals surface area (Å²) >= 11 is 1.88. The van der Waals surface area contributed by atoms with E-state index < -0.39 is 0 Å². The van der Waals surface area contributed by atoms with Crippen LogP contribution in [0.3, 0.4) is 0 Å². The van der Waals surface area contributed by atoms with Gasteiger partial charge < -0.3 is 4.90 Å². The van der Waals surface area contributed by atoms with Crippen LogP contribution in [0.5, 0.6) is 0 Å². The average Bonchev–Trinajstić information content (AvgIpc) is 3.60. The lowest BCUT2D eigenvalue weighted by Crippen LogP contribution is -2.22. The van der Waals surface area contributed by atoms with Crippen molar-refractivity contribution in [1.82, 2.24) is 0 Å². The van der Waals surface area contributed by atoms with Gasteiger partial charge in [0.1, 0.15) is 0 Å². The van der Waals surface area contributed by atoms with Crippen molar-refractivity contribution in [2.75, 3.05) is 4.90 Å². The fraction of sp³-hybridized carbons (Fsp3) is 0.0333. The first-order valence-electron chi connectivity index (χ1n) is 21.4. The van der Waals surface area contributed by atoms with Crippen molar-refractivity contribution >= 4 is 39.6 Å². The lowest BCUT2D eigenvalue weighted by molar-refractivity contribution is 0.714. The van der Waals surface area contributed by atoms with E-state index in [0.717, 1.165) is 17.1 Å². The van der Waals surface area contributed by atoms with Gasteiger partial charge in [0.05, 0.1) is 0 Å². The van der Waals surface area contributed by atoms with Gasteiger partial charge in [-0.05, 0) is 139 Å². The Morgan fingerprint density at radius 1 is 0.339 bits per heavy atom. The number of rotatable bonds is 7. The summed E-state index contributed by atoms with van der Waals surface area (Å²) < 4.78 is 0. The van der Waals surface area contributed by atoms with Gasteiger partial charge in [0.2, 0.25) is 0 Å². The molecule has 2 aliphatic rings. The molecule has 62 heavy (non-hydrogen) atoms. The molecule has 0 radical (unpaired) electrons. The summed E-state index contributed by atoms with van der Waals surface area (Å²) in [5, 5.41) is 2.64. The third kappa shape index (κ3) is 5.94. The molecular formula is C60H41NS. The standard InChI is InChI=1S/C60H41NS/c1-60(47-18-6-3-7-19-47)55-23-9-8-21-51(55)52-35-34-50(39-56(52)60)61(48-32-29-43(30-33-48)42-27-25-41(26-28-42)40-13-4-2-5-14-40)49-20-10-17-45(37-49)46-31-36-57-54(38-46)53-22-11-15-44-16-12-24-58(62-57)59(44)53/h2-39H,1H3. The Bertz CT molecular complexity index is 3310. The Hall–Kier alpha value is -7.39. The monoisotopic (exact) mass is 807 g/mol. The molecule has 1 nitrogen and oxygen atoms in total. The predicted molar refractivity (Wildman–Crippen MR) is 262 cm³/mol. The minimum absolute atomic E-state index is 0.310. The van der Waals surface area contributed by atoms with Crippen LogP contribution in [0.2, 0.25) is 0 Å². The summed E-state index contributed by atoms with van der Waals surface area (Å²) in [6, 6.07) is 85.0. The summed E-state index contributed by atoms with van der Waals surface area (Å²) in [4.78, 5) is 5.06. The maximum Gasteiger partial charge on any atom is 0.0467 e. The maximum atomic E-state index is 2.44. The first kappa shape index (κ1) is 36.5. The highest BCUT2D eigenvalue weighted by Crippen LogP contribution is 2.54. The van der Waals surface area contributed by atoms with Crippen molar-refractivity contribution in [1.29, 1.82) is 0 Å². The summed E-state index contributed by atoms with van der Waals surface area (Å²) in [5.41, 5.74) is 19.4. The molecule has 0 fully saturated rings. The van der Waals surface area contributed by atoms with E-state index in [4.69, 9.17) is 0 Å². The van der Waals surface area contributed by atoms with Crippen molar-refractivity contribution in [3.05, 3.63) is 247 Å². The Labute approximate surface area is 367 Å². The maximum absolute atomic E-state index is 2.44. The summed E-state index contributed by atoms with van der Waals surface area (Å²) in [6.07, 6.45) is 0. The van der Waals surface area contributed by atoms with Crippen LogP contribution in [0, 0.1) is 0 Å². The van der Waals surface area contributed by atoms with E-state index in [-0.39, 0.29) is 5.41 Å². The zero-order chi connectivity index (χ0) is 41.2. The van der Waals surface area contributed by atoms with E-state index in [1.54, 1.807) is 0 Å². The number of hydrogen-bond donors (Lipinski definition) is 0. The minimum Gasteiger partial charge on any atom is -0.310 e. The van der Waals surface area contributed by atoms with Gasteiger partial charge in [0.25, 0.3) is 0 Å². The van der Waals surface area contributed by atoms with Crippen molar-refractivity contribution in [2.45, 2.75) is 22.1 Å². The molecule has 2 heteroatoms.